The average Bonchev–Trinajstić information content (AvgIpc) is 3.64. The highest BCUT2D eigenvalue weighted by Gasteiger charge is 2.22. The van der Waals surface area contributed by atoms with Crippen molar-refractivity contribution in [1.82, 2.24) is 23.3 Å². The van der Waals surface area contributed by atoms with Crippen LogP contribution in [0.4, 0.5) is 5.69 Å². The fourth-order valence-electron chi connectivity index (χ4n) is 4.64. The smallest absolute Gasteiger partial charge is 0.354 e. The zero-order valence-electron chi connectivity index (χ0n) is 22.7. The standard InChI is InChI=1S/C27H28N6O7/c1-29-12-16(6-20(29)23(34)8-17-7-22(27(37)40-5)30(2)13-17)9-25(36)26-28-18(14-32(26)4)10-24(35)21-11-19(33(38)39)15-31(21)3/h6-7,11-15H,8-10H2,1-5H3. The summed E-state index contributed by atoms with van der Waals surface area (Å²) in [5, 5.41) is 11.0. The van der Waals surface area contributed by atoms with Crippen LogP contribution in [0.1, 0.15) is 58.9 Å². The monoisotopic (exact) mass is 548 g/mol. The van der Waals surface area contributed by atoms with Crippen LogP contribution in [0.5, 0.6) is 0 Å². The number of ketones is 3. The van der Waals surface area contributed by atoms with E-state index >= 15 is 0 Å². The summed E-state index contributed by atoms with van der Waals surface area (Å²) in [5.74, 6) is -1.19. The molecule has 0 N–H and O–H groups in total. The Hall–Kier alpha value is -5.07. The van der Waals surface area contributed by atoms with Gasteiger partial charge in [0.1, 0.15) is 5.69 Å². The van der Waals surface area contributed by atoms with E-state index in [1.54, 1.807) is 68.0 Å². The fraction of sp³-hybridized carbons (Fsp3) is 0.296. The maximum absolute atomic E-state index is 13.1. The number of nitrogens with zero attached hydrogens (tertiary/aromatic N) is 6. The Morgan fingerprint density at radius 1 is 0.750 bits per heavy atom. The molecule has 0 bridgehead atoms. The lowest BCUT2D eigenvalue weighted by Crippen LogP contribution is -2.10. The zero-order chi connectivity index (χ0) is 29.3. The lowest BCUT2D eigenvalue weighted by molar-refractivity contribution is -0.384. The number of aromatic nitrogens is 5. The summed E-state index contributed by atoms with van der Waals surface area (Å²) >= 11 is 0. The van der Waals surface area contributed by atoms with Gasteiger partial charge in [-0.3, -0.25) is 24.5 Å². The van der Waals surface area contributed by atoms with Crippen molar-refractivity contribution in [2.75, 3.05) is 7.11 Å². The Morgan fingerprint density at radius 2 is 1.27 bits per heavy atom. The molecule has 0 atom stereocenters. The van der Waals surface area contributed by atoms with Crippen LogP contribution in [0.15, 0.2) is 43.0 Å². The molecule has 0 spiro atoms. The molecule has 4 rings (SSSR count). The van der Waals surface area contributed by atoms with E-state index in [-0.39, 0.29) is 53.8 Å². The SMILES string of the molecule is COC(=O)c1cc(CC(=O)c2cc(CC(=O)c3nc(CC(=O)c4cc([N+](=O)[O-])cn4C)cn3C)cn2C)cn1C. The quantitative estimate of drug-likeness (QED) is 0.120. The highest BCUT2D eigenvalue weighted by Crippen LogP contribution is 2.19. The van der Waals surface area contributed by atoms with Crippen molar-refractivity contribution in [3.8, 4) is 0 Å². The molecule has 0 unspecified atom stereocenters. The molecule has 0 saturated heterocycles. The molecule has 4 heterocycles. The number of rotatable bonds is 11. The van der Waals surface area contributed by atoms with E-state index in [9.17, 15) is 29.3 Å². The minimum Gasteiger partial charge on any atom is -0.464 e. The number of imidazole rings is 1. The minimum absolute atomic E-state index is 0.0127. The van der Waals surface area contributed by atoms with Gasteiger partial charge in [0.05, 0.1) is 41.7 Å². The molecule has 208 valence electrons. The van der Waals surface area contributed by atoms with Crippen LogP contribution in [0.3, 0.4) is 0 Å². The third-order valence-corrected chi connectivity index (χ3v) is 6.54. The summed E-state index contributed by atoms with van der Waals surface area (Å²) in [5.41, 5.74) is 2.38. The van der Waals surface area contributed by atoms with Gasteiger partial charge in [0.25, 0.3) is 5.69 Å². The highest BCUT2D eigenvalue weighted by molar-refractivity contribution is 5.99. The van der Waals surface area contributed by atoms with Gasteiger partial charge in [-0.05, 0) is 23.3 Å². The third kappa shape index (κ3) is 5.67. The van der Waals surface area contributed by atoms with Crippen molar-refractivity contribution in [3.05, 3.63) is 92.8 Å². The fourth-order valence-corrected chi connectivity index (χ4v) is 4.64. The summed E-state index contributed by atoms with van der Waals surface area (Å²) in [4.78, 5) is 65.4. The summed E-state index contributed by atoms with van der Waals surface area (Å²) in [6.07, 6.45) is 6.16. The Morgan fingerprint density at radius 3 is 1.88 bits per heavy atom. The van der Waals surface area contributed by atoms with E-state index in [4.69, 9.17) is 4.74 Å². The number of Topliss-reactive ketones (excluding diaryl/α,β-unsaturated/α-hetero) is 3. The maximum Gasteiger partial charge on any atom is 0.354 e. The maximum atomic E-state index is 13.1. The predicted octanol–water partition coefficient (Wildman–Crippen LogP) is 2.41. The van der Waals surface area contributed by atoms with Crippen molar-refractivity contribution >= 4 is 29.0 Å². The molecule has 4 aromatic heterocycles. The first-order chi connectivity index (χ1) is 18.9. The molecule has 0 aliphatic carbocycles. The molecule has 0 radical (unpaired) electrons. The molecular formula is C27H28N6O7. The summed E-state index contributed by atoms with van der Waals surface area (Å²) in [6.45, 7) is 0. The van der Waals surface area contributed by atoms with E-state index in [0.717, 1.165) is 0 Å². The predicted molar refractivity (Wildman–Crippen MR) is 142 cm³/mol. The Balaban J connectivity index is 1.44. The van der Waals surface area contributed by atoms with E-state index in [2.05, 4.69) is 4.98 Å². The van der Waals surface area contributed by atoms with Gasteiger partial charge in [0, 0.05) is 65.7 Å². The molecule has 0 amide bonds. The van der Waals surface area contributed by atoms with E-state index in [1.807, 2.05) is 0 Å². The molecule has 0 saturated carbocycles. The van der Waals surface area contributed by atoms with Gasteiger partial charge in [-0.1, -0.05) is 0 Å². The molecule has 0 fully saturated rings. The summed E-state index contributed by atoms with van der Waals surface area (Å²) < 4.78 is 10.9. The second-order valence-electron chi connectivity index (χ2n) is 9.60. The van der Waals surface area contributed by atoms with Gasteiger partial charge in [-0.15, -0.1) is 0 Å². The van der Waals surface area contributed by atoms with Gasteiger partial charge >= 0.3 is 5.97 Å². The number of carbonyl (C=O) groups is 4. The number of esters is 1. The van der Waals surface area contributed by atoms with Gasteiger partial charge in [-0.25, -0.2) is 9.78 Å². The molecule has 0 aromatic carbocycles. The first kappa shape index (κ1) is 28.0. The van der Waals surface area contributed by atoms with Crippen molar-refractivity contribution in [2.45, 2.75) is 19.3 Å². The molecule has 13 heteroatoms. The number of carbonyl (C=O) groups excluding carboxylic acids is 4. The second kappa shape index (κ2) is 11.0. The lowest BCUT2D eigenvalue weighted by Gasteiger charge is -2.00. The van der Waals surface area contributed by atoms with Gasteiger partial charge in [0.2, 0.25) is 5.78 Å². The first-order valence-corrected chi connectivity index (χ1v) is 12.2. The minimum atomic E-state index is -0.570. The molecular weight excluding hydrogens is 520 g/mol. The molecule has 13 nitrogen and oxygen atoms in total. The van der Waals surface area contributed by atoms with Crippen LogP contribution in [-0.2, 0) is 52.2 Å². The number of hydrogen-bond donors (Lipinski definition) is 0. The molecule has 0 aliphatic heterocycles. The Kier molecular flexibility index (Phi) is 7.66. The lowest BCUT2D eigenvalue weighted by atomic mass is 10.1. The average molecular weight is 549 g/mol. The van der Waals surface area contributed by atoms with Crippen LogP contribution < -0.4 is 0 Å². The van der Waals surface area contributed by atoms with Gasteiger partial charge < -0.3 is 23.0 Å². The van der Waals surface area contributed by atoms with Crippen LogP contribution in [0.25, 0.3) is 0 Å². The van der Waals surface area contributed by atoms with Crippen molar-refractivity contribution in [2.24, 2.45) is 28.2 Å². The molecule has 0 aliphatic rings. The summed E-state index contributed by atoms with van der Waals surface area (Å²) in [6, 6.07) is 4.47. The van der Waals surface area contributed by atoms with Crippen molar-refractivity contribution in [3.63, 3.8) is 0 Å². The van der Waals surface area contributed by atoms with Crippen molar-refractivity contribution < 1.29 is 28.8 Å². The first-order valence-electron chi connectivity index (χ1n) is 12.2. The Labute approximate surface area is 228 Å². The van der Waals surface area contributed by atoms with Gasteiger partial charge in [-0.2, -0.15) is 0 Å². The highest BCUT2D eigenvalue weighted by atomic mass is 16.6. The van der Waals surface area contributed by atoms with Crippen LogP contribution in [0, 0.1) is 10.1 Å². The molecule has 40 heavy (non-hydrogen) atoms. The third-order valence-electron chi connectivity index (χ3n) is 6.54. The van der Waals surface area contributed by atoms with Gasteiger partial charge in [0.15, 0.2) is 17.4 Å². The van der Waals surface area contributed by atoms with Crippen LogP contribution >= 0.6 is 0 Å². The normalized spacial score (nSPS) is 11.0. The largest absolute Gasteiger partial charge is 0.464 e. The number of methoxy groups -OCH3 is 1. The van der Waals surface area contributed by atoms with E-state index < -0.39 is 10.9 Å². The number of nitro groups is 1. The van der Waals surface area contributed by atoms with E-state index in [1.165, 1.54) is 28.5 Å². The Bertz CT molecular complexity index is 1670. The zero-order valence-corrected chi connectivity index (χ0v) is 22.7. The number of ether oxygens (including phenoxy) is 1. The summed E-state index contributed by atoms with van der Waals surface area (Å²) in [7, 11) is 7.89. The topological polar surface area (TPSA) is 153 Å². The second-order valence-corrected chi connectivity index (χ2v) is 9.60. The number of hydrogen-bond acceptors (Lipinski definition) is 8. The van der Waals surface area contributed by atoms with Crippen LogP contribution in [0.2, 0.25) is 0 Å². The van der Waals surface area contributed by atoms with Crippen molar-refractivity contribution in [1.29, 1.82) is 0 Å². The van der Waals surface area contributed by atoms with Crippen LogP contribution in [-0.4, -0.2) is 58.6 Å². The van der Waals surface area contributed by atoms with E-state index in [0.29, 0.717) is 28.2 Å². The number of aryl methyl sites for hydroxylation is 4. The molecule has 4 aromatic rings.